The number of esters is 1. The van der Waals surface area contributed by atoms with Crippen LogP contribution < -0.4 is 4.74 Å². The lowest BCUT2D eigenvalue weighted by molar-refractivity contribution is -0.143. The van der Waals surface area contributed by atoms with E-state index in [9.17, 15) is 36.3 Å². The van der Waals surface area contributed by atoms with E-state index in [-0.39, 0.29) is 49.5 Å². The van der Waals surface area contributed by atoms with Gasteiger partial charge in [0.25, 0.3) is 0 Å². The van der Waals surface area contributed by atoms with Gasteiger partial charge in [-0.2, -0.15) is 8.78 Å². The third-order valence-corrected chi connectivity index (χ3v) is 5.46. The zero-order chi connectivity index (χ0) is 21.5. The summed E-state index contributed by atoms with van der Waals surface area (Å²) in [6.45, 7) is 1.91. The molecular formula is C19H18F5NO4. The zero-order valence-corrected chi connectivity index (χ0v) is 15.4. The number of imide groups is 1. The van der Waals surface area contributed by atoms with E-state index < -0.39 is 46.7 Å². The molecule has 2 fully saturated rings. The summed E-state index contributed by atoms with van der Waals surface area (Å²) in [5, 5.41) is 0. The Hall–Kier alpha value is -2.52. The van der Waals surface area contributed by atoms with Crippen molar-refractivity contribution in [2.24, 2.45) is 17.8 Å². The standard InChI is InChI=1S/C19H18F5NO4/c1-8-6-11(26)25(18(8)27)7-9-2-4-10(5-3-9)19(28)29-17-15(23)13(21)12(20)14(22)16(17)24/h8-10H,2-7H2,1H3. The van der Waals surface area contributed by atoms with Crippen molar-refractivity contribution >= 4 is 17.8 Å². The van der Waals surface area contributed by atoms with Crippen LogP contribution in [-0.2, 0) is 14.4 Å². The van der Waals surface area contributed by atoms with E-state index in [4.69, 9.17) is 0 Å². The maximum absolute atomic E-state index is 13.7. The van der Waals surface area contributed by atoms with Crippen molar-refractivity contribution in [1.82, 2.24) is 4.90 Å². The van der Waals surface area contributed by atoms with Crippen molar-refractivity contribution in [3.63, 3.8) is 0 Å². The normalized spacial score (nSPS) is 24.9. The molecule has 1 aliphatic heterocycles. The molecule has 1 unspecified atom stereocenters. The van der Waals surface area contributed by atoms with Crippen LogP contribution in [0.15, 0.2) is 0 Å². The number of carbonyl (C=O) groups is 3. The van der Waals surface area contributed by atoms with Crippen LogP contribution in [0.1, 0.15) is 39.0 Å². The van der Waals surface area contributed by atoms with Crippen LogP contribution in [0.4, 0.5) is 22.0 Å². The van der Waals surface area contributed by atoms with Gasteiger partial charge in [-0.25, -0.2) is 13.2 Å². The Morgan fingerprint density at radius 3 is 1.93 bits per heavy atom. The molecule has 1 aromatic rings. The molecule has 2 amide bonds. The first-order valence-electron chi connectivity index (χ1n) is 9.19. The van der Waals surface area contributed by atoms with E-state index in [2.05, 4.69) is 4.74 Å². The van der Waals surface area contributed by atoms with E-state index in [1.807, 2.05) is 0 Å². The number of amides is 2. The Labute approximate surface area is 162 Å². The molecule has 1 aliphatic carbocycles. The van der Waals surface area contributed by atoms with Gasteiger partial charge in [-0.1, -0.05) is 6.92 Å². The van der Waals surface area contributed by atoms with Gasteiger partial charge in [-0.15, -0.1) is 0 Å². The summed E-state index contributed by atoms with van der Waals surface area (Å²) in [7, 11) is 0. The van der Waals surface area contributed by atoms with Crippen molar-refractivity contribution < 1.29 is 41.1 Å². The van der Waals surface area contributed by atoms with Gasteiger partial charge >= 0.3 is 5.97 Å². The topological polar surface area (TPSA) is 63.7 Å². The highest BCUT2D eigenvalue weighted by Crippen LogP contribution is 2.34. The van der Waals surface area contributed by atoms with E-state index in [1.165, 1.54) is 4.90 Å². The van der Waals surface area contributed by atoms with Gasteiger partial charge in [0, 0.05) is 18.9 Å². The Balaban J connectivity index is 1.60. The number of hydrogen-bond donors (Lipinski definition) is 0. The Kier molecular flexibility index (Phi) is 5.90. The second kappa shape index (κ2) is 8.08. The predicted molar refractivity (Wildman–Crippen MR) is 87.8 cm³/mol. The molecule has 0 bridgehead atoms. The van der Waals surface area contributed by atoms with E-state index in [0.717, 1.165) is 0 Å². The van der Waals surface area contributed by atoms with Crippen molar-refractivity contribution in [1.29, 1.82) is 0 Å². The molecule has 1 saturated heterocycles. The summed E-state index contributed by atoms with van der Waals surface area (Å²) < 4.78 is 71.3. The van der Waals surface area contributed by atoms with E-state index in [1.54, 1.807) is 6.92 Å². The Morgan fingerprint density at radius 1 is 0.931 bits per heavy atom. The minimum Gasteiger partial charge on any atom is -0.420 e. The molecule has 3 rings (SSSR count). The van der Waals surface area contributed by atoms with Gasteiger partial charge in [0.1, 0.15) is 0 Å². The number of halogens is 5. The number of hydrogen-bond acceptors (Lipinski definition) is 4. The highest BCUT2D eigenvalue weighted by molar-refractivity contribution is 6.03. The van der Waals surface area contributed by atoms with Crippen molar-refractivity contribution in [2.45, 2.75) is 39.0 Å². The highest BCUT2D eigenvalue weighted by Gasteiger charge is 2.38. The fourth-order valence-corrected chi connectivity index (χ4v) is 3.74. The largest absolute Gasteiger partial charge is 0.420 e. The lowest BCUT2D eigenvalue weighted by Crippen LogP contribution is -2.37. The molecule has 1 atom stereocenters. The summed E-state index contributed by atoms with van der Waals surface area (Å²) >= 11 is 0. The molecular weight excluding hydrogens is 401 g/mol. The number of likely N-dealkylation sites (tertiary alicyclic amines) is 1. The van der Waals surface area contributed by atoms with Crippen molar-refractivity contribution in [3.8, 4) is 5.75 Å². The zero-order valence-electron chi connectivity index (χ0n) is 15.4. The third kappa shape index (κ3) is 3.97. The molecule has 1 saturated carbocycles. The smallest absolute Gasteiger partial charge is 0.314 e. The monoisotopic (exact) mass is 419 g/mol. The van der Waals surface area contributed by atoms with Gasteiger partial charge in [0.05, 0.1) is 5.92 Å². The van der Waals surface area contributed by atoms with Crippen LogP contribution in [0.3, 0.4) is 0 Å². The second-order valence-corrected chi connectivity index (χ2v) is 7.49. The molecule has 10 heteroatoms. The molecule has 0 radical (unpaired) electrons. The molecule has 1 aromatic carbocycles. The molecule has 2 aliphatic rings. The number of rotatable bonds is 4. The van der Waals surface area contributed by atoms with Crippen LogP contribution in [0.5, 0.6) is 5.75 Å². The quantitative estimate of drug-likeness (QED) is 0.187. The highest BCUT2D eigenvalue weighted by atomic mass is 19.2. The minimum atomic E-state index is -2.33. The molecule has 29 heavy (non-hydrogen) atoms. The maximum atomic E-state index is 13.7. The summed E-state index contributed by atoms with van der Waals surface area (Å²) in [5.74, 6) is -15.5. The number of carbonyl (C=O) groups excluding carboxylic acids is 3. The Morgan fingerprint density at radius 2 is 1.45 bits per heavy atom. The van der Waals surface area contributed by atoms with E-state index in [0.29, 0.717) is 12.8 Å². The van der Waals surface area contributed by atoms with Gasteiger partial charge in [0.2, 0.25) is 46.6 Å². The lowest BCUT2D eigenvalue weighted by Gasteiger charge is -2.29. The van der Waals surface area contributed by atoms with Crippen LogP contribution in [-0.4, -0.2) is 29.2 Å². The lowest BCUT2D eigenvalue weighted by atomic mass is 9.82. The van der Waals surface area contributed by atoms with Crippen LogP contribution in [0, 0.1) is 46.8 Å². The fourth-order valence-electron chi connectivity index (χ4n) is 3.74. The maximum Gasteiger partial charge on any atom is 0.314 e. The first-order valence-corrected chi connectivity index (χ1v) is 9.19. The average molecular weight is 419 g/mol. The number of benzene rings is 1. The van der Waals surface area contributed by atoms with Crippen molar-refractivity contribution in [3.05, 3.63) is 29.1 Å². The minimum absolute atomic E-state index is 0.0357. The average Bonchev–Trinajstić information content (AvgIpc) is 2.94. The van der Waals surface area contributed by atoms with Crippen LogP contribution >= 0.6 is 0 Å². The second-order valence-electron chi connectivity index (χ2n) is 7.49. The summed E-state index contributed by atoms with van der Waals surface area (Å²) in [6.07, 6.45) is 1.54. The summed E-state index contributed by atoms with van der Waals surface area (Å²) in [4.78, 5) is 37.2. The molecule has 0 aromatic heterocycles. The van der Waals surface area contributed by atoms with Gasteiger partial charge in [-0.05, 0) is 31.6 Å². The fraction of sp³-hybridized carbons (Fsp3) is 0.526. The molecule has 0 spiro atoms. The summed E-state index contributed by atoms with van der Waals surface area (Å²) in [5.41, 5.74) is 0. The predicted octanol–water partition coefficient (Wildman–Crippen LogP) is 3.49. The van der Waals surface area contributed by atoms with E-state index >= 15 is 0 Å². The molecule has 0 N–H and O–H groups in total. The first-order chi connectivity index (χ1) is 13.6. The number of ether oxygens (including phenoxy) is 1. The molecule has 1 heterocycles. The van der Waals surface area contributed by atoms with Crippen molar-refractivity contribution in [2.75, 3.05) is 6.54 Å². The first kappa shape index (κ1) is 21.2. The summed E-state index contributed by atoms with van der Waals surface area (Å²) in [6, 6.07) is 0. The van der Waals surface area contributed by atoms with Crippen LogP contribution in [0.25, 0.3) is 0 Å². The molecule has 158 valence electrons. The van der Waals surface area contributed by atoms with Gasteiger partial charge in [-0.3, -0.25) is 19.3 Å². The van der Waals surface area contributed by atoms with Crippen LogP contribution in [0.2, 0.25) is 0 Å². The Bertz CT molecular complexity index is 838. The number of nitrogens with zero attached hydrogens (tertiary/aromatic N) is 1. The van der Waals surface area contributed by atoms with Gasteiger partial charge in [0.15, 0.2) is 0 Å². The SMILES string of the molecule is CC1CC(=O)N(CC2CCC(C(=O)Oc3c(F)c(F)c(F)c(F)c3F)CC2)C1=O. The third-order valence-electron chi connectivity index (χ3n) is 5.46. The molecule has 5 nitrogen and oxygen atoms in total. The van der Waals surface area contributed by atoms with Gasteiger partial charge < -0.3 is 4.74 Å².